The standard InChI is InChI=1S/C21H18ClF2N3O/c22-17-9-13(3-5-18(17)24)11-26-20-15-10-14(23)4-6-19(15)25-12-16(20)21(28)27-7-1-2-8-27/h3-6,9-10,12H,1-2,7-8,11H2,(H,25,26). The molecule has 1 amide bonds. The van der Waals surface area contributed by atoms with Crippen molar-refractivity contribution in [2.75, 3.05) is 18.4 Å². The van der Waals surface area contributed by atoms with Gasteiger partial charge in [0.2, 0.25) is 0 Å². The maximum atomic E-state index is 13.9. The van der Waals surface area contributed by atoms with Crippen LogP contribution in [0, 0.1) is 11.6 Å². The van der Waals surface area contributed by atoms with E-state index in [1.54, 1.807) is 17.0 Å². The molecule has 0 bridgehead atoms. The molecule has 1 saturated heterocycles. The molecule has 0 unspecified atom stereocenters. The van der Waals surface area contributed by atoms with Crippen molar-refractivity contribution in [3.8, 4) is 0 Å². The lowest BCUT2D eigenvalue weighted by Crippen LogP contribution is -2.28. The number of amides is 1. The lowest BCUT2D eigenvalue weighted by atomic mass is 10.1. The largest absolute Gasteiger partial charge is 0.380 e. The van der Waals surface area contributed by atoms with E-state index >= 15 is 0 Å². The molecule has 4 nitrogen and oxygen atoms in total. The summed E-state index contributed by atoms with van der Waals surface area (Å²) in [6.07, 6.45) is 3.47. The first-order valence-electron chi connectivity index (χ1n) is 9.08. The highest BCUT2D eigenvalue weighted by Crippen LogP contribution is 2.29. The highest BCUT2D eigenvalue weighted by molar-refractivity contribution is 6.30. The van der Waals surface area contributed by atoms with Crippen LogP contribution in [0.3, 0.4) is 0 Å². The number of aromatic nitrogens is 1. The van der Waals surface area contributed by atoms with Gasteiger partial charge in [0.15, 0.2) is 0 Å². The quantitative estimate of drug-likeness (QED) is 0.668. The zero-order valence-electron chi connectivity index (χ0n) is 15.0. The number of hydrogen-bond donors (Lipinski definition) is 1. The average Bonchev–Trinajstić information content (AvgIpc) is 3.23. The van der Waals surface area contributed by atoms with Crippen LogP contribution < -0.4 is 5.32 Å². The fourth-order valence-corrected chi connectivity index (χ4v) is 3.65. The summed E-state index contributed by atoms with van der Waals surface area (Å²) in [5, 5.41) is 3.77. The third-order valence-corrected chi connectivity index (χ3v) is 5.20. The number of benzene rings is 2. The molecule has 3 aromatic rings. The summed E-state index contributed by atoms with van der Waals surface area (Å²) in [4.78, 5) is 19.1. The SMILES string of the molecule is O=C(c1cnc2ccc(F)cc2c1NCc1ccc(F)c(Cl)c1)N1CCCC1. The van der Waals surface area contributed by atoms with E-state index in [0.29, 0.717) is 41.8 Å². The molecule has 1 aliphatic rings. The Labute approximate surface area is 166 Å². The van der Waals surface area contributed by atoms with Crippen LogP contribution in [-0.2, 0) is 6.54 Å². The van der Waals surface area contributed by atoms with Gasteiger partial charge in [-0.1, -0.05) is 17.7 Å². The van der Waals surface area contributed by atoms with Gasteiger partial charge in [-0.25, -0.2) is 8.78 Å². The van der Waals surface area contributed by atoms with E-state index in [4.69, 9.17) is 11.6 Å². The van der Waals surface area contributed by atoms with Crippen LogP contribution in [0.25, 0.3) is 10.9 Å². The minimum absolute atomic E-state index is 0.0262. The molecule has 1 aromatic heterocycles. The number of carbonyl (C=O) groups is 1. The second kappa shape index (κ2) is 7.72. The van der Waals surface area contributed by atoms with Crippen molar-refractivity contribution in [3.63, 3.8) is 0 Å². The van der Waals surface area contributed by atoms with Crippen molar-refractivity contribution in [3.05, 3.63) is 70.4 Å². The zero-order valence-corrected chi connectivity index (χ0v) is 15.8. The third kappa shape index (κ3) is 3.64. The molecule has 1 aliphatic heterocycles. The molecule has 144 valence electrons. The van der Waals surface area contributed by atoms with Crippen LogP contribution in [0.4, 0.5) is 14.5 Å². The fraction of sp³-hybridized carbons (Fsp3) is 0.238. The van der Waals surface area contributed by atoms with Gasteiger partial charge in [-0.15, -0.1) is 0 Å². The van der Waals surface area contributed by atoms with Crippen LogP contribution in [-0.4, -0.2) is 28.9 Å². The van der Waals surface area contributed by atoms with E-state index in [1.807, 2.05) is 0 Å². The average molecular weight is 402 g/mol. The summed E-state index contributed by atoms with van der Waals surface area (Å²) < 4.78 is 27.3. The predicted molar refractivity (Wildman–Crippen MR) is 106 cm³/mol. The van der Waals surface area contributed by atoms with E-state index in [1.165, 1.54) is 30.5 Å². The fourth-order valence-electron chi connectivity index (χ4n) is 3.45. The molecule has 0 atom stereocenters. The Bertz CT molecular complexity index is 1050. The highest BCUT2D eigenvalue weighted by atomic mass is 35.5. The Kier molecular flexibility index (Phi) is 5.13. The van der Waals surface area contributed by atoms with E-state index < -0.39 is 11.6 Å². The Morgan fingerprint density at radius 1 is 1.14 bits per heavy atom. The summed E-state index contributed by atoms with van der Waals surface area (Å²) in [5.41, 5.74) is 2.24. The molecule has 7 heteroatoms. The normalized spacial score (nSPS) is 13.9. The molecule has 1 N–H and O–H groups in total. The van der Waals surface area contributed by atoms with E-state index in [9.17, 15) is 13.6 Å². The second-order valence-electron chi connectivity index (χ2n) is 6.81. The molecule has 4 rings (SSSR count). The van der Waals surface area contributed by atoms with Gasteiger partial charge < -0.3 is 10.2 Å². The number of carbonyl (C=O) groups excluding carboxylic acids is 1. The number of nitrogens with zero attached hydrogens (tertiary/aromatic N) is 2. The molecule has 0 radical (unpaired) electrons. The summed E-state index contributed by atoms with van der Waals surface area (Å²) >= 11 is 5.86. The minimum Gasteiger partial charge on any atom is -0.380 e. The van der Waals surface area contributed by atoms with E-state index in [2.05, 4.69) is 10.3 Å². The van der Waals surface area contributed by atoms with Gasteiger partial charge in [-0.3, -0.25) is 9.78 Å². The Hall–Kier alpha value is -2.73. The highest BCUT2D eigenvalue weighted by Gasteiger charge is 2.23. The lowest BCUT2D eigenvalue weighted by molar-refractivity contribution is 0.0793. The van der Waals surface area contributed by atoms with Gasteiger partial charge in [0.1, 0.15) is 11.6 Å². The van der Waals surface area contributed by atoms with Crippen molar-refractivity contribution < 1.29 is 13.6 Å². The van der Waals surface area contributed by atoms with Crippen LogP contribution in [0.1, 0.15) is 28.8 Å². The Balaban J connectivity index is 1.73. The summed E-state index contributed by atoms with van der Waals surface area (Å²) in [6, 6.07) is 8.70. The van der Waals surface area contributed by atoms with E-state index in [0.717, 1.165) is 18.4 Å². The molecular formula is C21H18ClF2N3O. The maximum absolute atomic E-state index is 13.9. The number of hydrogen-bond acceptors (Lipinski definition) is 3. The number of pyridine rings is 1. The number of nitrogens with one attached hydrogen (secondary N) is 1. The Morgan fingerprint density at radius 2 is 1.93 bits per heavy atom. The molecule has 2 heterocycles. The first-order chi connectivity index (χ1) is 13.5. The number of likely N-dealkylation sites (tertiary alicyclic amines) is 1. The monoisotopic (exact) mass is 401 g/mol. The lowest BCUT2D eigenvalue weighted by Gasteiger charge is -2.19. The first-order valence-corrected chi connectivity index (χ1v) is 9.46. The van der Waals surface area contributed by atoms with Gasteiger partial charge in [-0.05, 0) is 48.7 Å². The van der Waals surface area contributed by atoms with Gasteiger partial charge in [0, 0.05) is 31.2 Å². The van der Waals surface area contributed by atoms with Crippen molar-refractivity contribution in [1.82, 2.24) is 9.88 Å². The summed E-state index contributed by atoms with van der Waals surface area (Å²) in [7, 11) is 0. The smallest absolute Gasteiger partial charge is 0.257 e. The number of halogens is 3. The van der Waals surface area contributed by atoms with Gasteiger partial charge in [0.25, 0.3) is 5.91 Å². The molecule has 1 fully saturated rings. The summed E-state index contributed by atoms with van der Waals surface area (Å²) in [6.45, 7) is 1.70. The topological polar surface area (TPSA) is 45.2 Å². The molecule has 0 spiro atoms. The molecule has 28 heavy (non-hydrogen) atoms. The molecular weight excluding hydrogens is 384 g/mol. The number of fused-ring (bicyclic) bond motifs is 1. The molecule has 0 saturated carbocycles. The first kappa shape index (κ1) is 18.6. The number of rotatable bonds is 4. The van der Waals surface area contributed by atoms with Gasteiger partial charge in [-0.2, -0.15) is 0 Å². The maximum Gasteiger partial charge on any atom is 0.257 e. The van der Waals surface area contributed by atoms with Crippen LogP contribution in [0.2, 0.25) is 5.02 Å². The van der Waals surface area contributed by atoms with Crippen molar-refractivity contribution in [2.24, 2.45) is 0 Å². The van der Waals surface area contributed by atoms with Gasteiger partial charge >= 0.3 is 0 Å². The van der Waals surface area contributed by atoms with Crippen LogP contribution >= 0.6 is 11.6 Å². The van der Waals surface area contributed by atoms with Crippen LogP contribution in [0.15, 0.2) is 42.6 Å². The minimum atomic E-state index is -0.494. The Morgan fingerprint density at radius 3 is 2.68 bits per heavy atom. The van der Waals surface area contributed by atoms with Crippen molar-refractivity contribution >= 4 is 34.1 Å². The van der Waals surface area contributed by atoms with Crippen molar-refractivity contribution in [1.29, 1.82) is 0 Å². The van der Waals surface area contributed by atoms with E-state index in [-0.39, 0.29) is 10.9 Å². The summed E-state index contributed by atoms with van der Waals surface area (Å²) in [5.74, 6) is -1.03. The second-order valence-corrected chi connectivity index (χ2v) is 7.22. The predicted octanol–water partition coefficient (Wildman–Crippen LogP) is 5.01. The van der Waals surface area contributed by atoms with Gasteiger partial charge in [0.05, 0.1) is 21.8 Å². The van der Waals surface area contributed by atoms with Crippen LogP contribution in [0.5, 0.6) is 0 Å². The van der Waals surface area contributed by atoms with Crippen molar-refractivity contribution in [2.45, 2.75) is 19.4 Å². The molecule has 0 aliphatic carbocycles. The number of anilines is 1. The molecule has 2 aromatic carbocycles. The third-order valence-electron chi connectivity index (χ3n) is 4.91. The zero-order chi connectivity index (χ0) is 19.7.